The Bertz CT molecular complexity index is 788. The van der Waals surface area contributed by atoms with Crippen LogP contribution < -0.4 is 10.6 Å². The first-order valence-corrected chi connectivity index (χ1v) is 9.42. The van der Waals surface area contributed by atoms with E-state index in [1.54, 1.807) is 12.1 Å². The predicted molar refractivity (Wildman–Crippen MR) is 104 cm³/mol. The summed E-state index contributed by atoms with van der Waals surface area (Å²) in [5, 5.41) is 6.45. The summed E-state index contributed by atoms with van der Waals surface area (Å²) in [5.74, 6) is 0.541. The van der Waals surface area contributed by atoms with Gasteiger partial charge >= 0.3 is 0 Å². The largest absolute Gasteiger partial charge is 0.381 e. The number of anilines is 1. The number of aliphatic imine (C=N–C) groups is 1. The normalized spacial score (nSPS) is 18.6. The fraction of sp³-hybridized carbons (Fsp3) is 0.381. The van der Waals surface area contributed by atoms with Gasteiger partial charge in [-0.05, 0) is 48.2 Å². The van der Waals surface area contributed by atoms with Crippen LogP contribution >= 0.6 is 0 Å². The zero-order chi connectivity index (χ0) is 18.5. The van der Waals surface area contributed by atoms with Crippen molar-refractivity contribution in [3.8, 4) is 0 Å². The third-order valence-electron chi connectivity index (χ3n) is 4.80. The van der Waals surface area contributed by atoms with Crippen molar-refractivity contribution in [2.75, 3.05) is 31.6 Å². The Labute approximate surface area is 158 Å². The predicted octanol–water partition coefficient (Wildman–Crippen LogP) is 3.48. The molecule has 0 radical (unpaired) electrons. The number of hydrogen-bond donors (Lipinski definition) is 2. The van der Waals surface area contributed by atoms with Gasteiger partial charge in [0.15, 0.2) is 5.96 Å². The standard InChI is InChI=1S/C21H24FN3O2/c22-17-3-1-2-16(14-17)20(27-19-8-12-26-13-9-19)15-4-6-18(7-5-15)25-21-23-10-11-24-21/h1-7,14,19-20H,8-13H2,(H2,23,24,25). The van der Waals surface area contributed by atoms with Gasteiger partial charge in [-0.15, -0.1) is 0 Å². The fourth-order valence-corrected chi connectivity index (χ4v) is 3.38. The highest BCUT2D eigenvalue weighted by Gasteiger charge is 2.23. The highest BCUT2D eigenvalue weighted by Crippen LogP contribution is 2.31. The molecule has 2 aliphatic heterocycles. The van der Waals surface area contributed by atoms with Crippen molar-refractivity contribution in [2.45, 2.75) is 25.0 Å². The third kappa shape index (κ3) is 4.64. The first-order valence-electron chi connectivity index (χ1n) is 9.42. The van der Waals surface area contributed by atoms with Crippen LogP contribution in [0.15, 0.2) is 53.5 Å². The van der Waals surface area contributed by atoms with Gasteiger partial charge in [-0.1, -0.05) is 24.3 Å². The van der Waals surface area contributed by atoms with E-state index in [9.17, 15) is 4.39 Å². The summed E-state index contributed by atoms with van der Waals surface area (Å²) in [6.07, 6.45) is 1.52. The molecule has 2 N–H and O–H groups in total. The van der Waals surface area contributed by atoms with Crippen molar-refractivity contribution in [3.05, 3.63) is 65.5 Å². The van der Waals surface area contributed by atoms with E-state index in [-0.39, 0.29) is 18.0 Å². The lowest BCUT2D eigenvalue weighted by Gasteiger charge is -2.28. The third-order valence-corrected chi connectivity index (χ3v) is 4.80. The molecular weight excluding hydrogens is 345 g/mol. The lowest BCUT2D eigenvalue weighted by molar-refractivity contribution is -0.0568. The first-order chi connectivity index (χ1) is 13.3. The Morgan fingerprint density at radius 3 is 2.63 bits per heavy atom. The summed E-state index contributed by atoms with van der Waals surface area (Å²) in [7, 11) is 0. The molecule has 2 aromatic carbocycles. The lowest BCUT2D eigenvalue weighted by Crippen LogP contribution is -2.26. The van der Waals surface area contributed by atoms with Crippen molar-refractivity contribution in [1.82, 2.24) is 5.32 Å². The quantitative estimate of drug-likeness (QED) is 0.847. The highest BCUT2D eigenvalue weighted by molar-refractivity contribution is 5.94. The van der Waals surface area contributed by atoms with E-state index < -0.39 is 0 Å². The number of guanidine groups is 1. The second-order valence-corrected chi connectivity index (χ2v) is 6.79. The molecule has 0 bridgehead atoms. The second-order valence-electron chi connectivity index (χ2n) is 6.79. The molecule has 6 heteroatoms. The Morgan fingerprint density at radius 2 is 1.93 bits per heavy atom. The zero-order valence-corrected chi connectivity index (χ0v) is 15.2. The van der Waals surface area contributed by atoms with Crippen LogP contribution in [0, 0.1) is 5.82 Å². The Kier molecular flexibility index (Phi) is 5.65. The minimum Gasteiger partial charge on any atom is -0.381 e. The summed E-state index contributed by atoms with van der Waals surface area (Å²) < 4.78 is 25.6. The summed E-state index contributed by atoms with van der Waals surface area (Å²) >= 11 is 0. The van der Waals surface area contributed by atoms with Crippen molar-refractivity contribution in [2.24, 2.45) is 4.99 Å². The van der Waals surface area contributed by atoms with Crippen LogP contribution in [0.1, 0.15) is 30.1 Å². The number of rotatable bonds is 5. The zero-order valence-electron chi connectivity index (χ0n) is 15.2. The van der Waals surface area contributed by atoms with Crippen LogP contribution in [0.3, 0.4) is 0 Å². The van der Waals surface area contributed by atoms with Crippen LogP contribution in [0.2, 0.25) is 0 Å². The average Bonchev–Trinajstić information content (AvgIpc) is 3.21. The van der Waals surface area contributed by atoms with E-state index in [0.29, 0.717) is 13.2 Å². The topological polar surface area (TPSA) is 54.9 Å². The van der Waals surface area contributed by atoms with Gasteiger partial charge in [0.05, 0.1) is 12.6 Å². The van der Waals surface area contributed by atoms with Crippen LogP contribution in [0.5, 0.6) is 0 Å². The Hall–Kier alpha value is -2.44. The van der Waals surface area contributed by atoms with Crippen LogP contribution in [0.4, 0.5) is 10.1 Å². The minimum atomic E-state index is -0.306. The van der Waals surface area contributed by atoms with Gasteiger partial charge < -0.3 is 20.1 Å². The summed E-state index contributed by atoms with van der Waals surface area (Å²) in [4.78, 5) is 4.34. The Balaban J connectivity index is 1.55. The maximum atomic E-state index is 13.8. The number of nitrogens with zero attached hydrogens (tertiary/aromatic N) is 1. The summed E-state index contributed by atoms with van der Waals surface area (Å²) in [6, 6.07) is 14.7. The van der Waals surface area contributed by atoms with E-state index >= 15 is 0 Å². The average molecular weight is 369 g/mol. The highest BCUT2D eigenvalue weighted by atomic mass is 19.1. The van der Waals surface area contributed by atoms with E-state index in [1.165, 1.54) is 6.07 Å². The lowest BCUT2D eigenvalue weighted by atomic mass is 10.00. The monoisotopic (exact) mass is 369 g/mol. The molecule has 1 unspecified atom stereocenters. The number of benzene rings is 2. The van der Waals surface area contributed by atoms with E-state index in [1.807, 2.05) is 30.3 Å². The maximum Gasteiger partial charge on any atom is 0.195 e. The summed E-state index contributed by atoms with van der Waals surface area (Å²) in [5.41, 5.74) is 2.78. The molecule has 27 heavy (non-hydrogen) atoms. The number of nitrogens with one attached hydrogen (secondary N) is 2. The number of halogens is 1. The molecule has 1 saturated heterocycles. The molecule has 1 atom stereocenters. The maximum absolute atomic E-state index is 13.8. The smallest absolute Gasteiger partial charge is 0.195 e. The van der Waals surface area contributed by atoms with Crippen LogP contribution in [-0.2, 0) is 9.47 Å². The van der Waals surface area contributed by atoms with Crippen molar-refractivity contribution in [3.63, 3.8) is 0 Å². The number of hydrogen-bond acceptors (Lipinski definition) is 5. The molecule has 142 valence electrons. The molecule has 0 saturated carbocycles. The van der Waals surface area contributed by atoms with Crippen LogP contribution in [0.25, 0.3) is 0 Å². The molecule has 2 heterocycles. The van der Waals surface area contributed by atoms with Gasteiger partial charge in [0.1, 0.15) is 11.9 Å². The van der Waals surface area contributed by atoms with E-state index in [2.05, 4.69) is 15.6 Å². The van der Waals surface area contributed by atoms with Gasteiger partial charge in [0.2, 0.25) is 0 Å². The van der Waals surface area contributed by atoms with Gasteiger partial charge in [0, 0.05) is 25.4 Å². The summed E-state index contributed by atoms with van der Waals surface area (Å²) in [6.45, 7) is 3.07. The molecule has 0 spiro atoms. The van der Waals surface area contributed by atoms with Crippen molar-refractivity contribution < 1.29 is 13.9 Å². The van der Waals surface area contributed by atoms with Crippen molar-refractivity contribution >= 4 is 11.6 Å². The molecule has 2 aliphatic rings. The number of ether oxygens (including phenoxy) is 2. The molecule has 0 aliphatic carbocycles. The van der Waals surface area contributed by atoms with Crippen LogP contribution in [-0.4, -0.2) is 38.4 Å². The van der Waals surface area contributed by atoms with E-state index in [0.717, 1.165) is 48.7 Å². The molecule has 0 amide bonds. The molecule has 1 fully saturated rings. The minimum absolute atomic E-state index is 0.113. The Morgan fingerprint density at radius 1 is 1.11 bits per heavy atom. The first kappa shape index (κ1) is 17.9. The van der Waals surface area contributed by atoms with Gasteiger partial charge in [0.25, 0.3) is 0 Å². The fourth-order valence-electron chi connectivity index (χ4n) is 3.38. The van der Waals surface area contributed by atoms with Crippen molar-refractivity contribution in [1.29, 1.82) is 0 Å². The molecule has 2 aromatic rings. The van der Waals surface area contributed by atoms with E-state index in [4.69, 9.17) is 9.47 Å². The molecule has 4 rings (SSSR count). The van der Waals surface area contributed by atoms with Gasteiger partial charge in [-0.3, -0.25) is 4.99 Å². The van der Waals surface area contributed by atoms with Gasteiger partial charge in [-0.2, -0.15) is 0 Å². The van der Waals surface area contributed by atoms with Gasteiger partial charge in [-0.25, -0.2) is 4.39 Å². The SMILES string of the molecule is Fc1cccc(C(OC2CCOCC2)c2ccc(NC3=NCCN3)cc2)c1. The molecule has 0 aromatic heterocycles. The molecule has 5 nitrogen and oxygen atoms in total. The molecular formula is C21H24FN3O2. The second kappa shape index (κ2) is 8.50.